The minimum absolute atomic E-state index is 0.150. The zero-order valence-corrected chi connectivity index (χ0v) is 30.7. The number of ether oxygens (including phenoxy) is 2. The molecule has 9 heteroatoms. The number of halogens is 1. The lowest BCUT2D eigenvalue weighted by Gasteiger charge is -2.30. The van der Waals surface area contributed by atoms with Gasteiger partial charge in [0.25, 0.3) is 11.5 Å². The molecule has 0 N–H and O–H groups in total. The van der Waals surface area contributed by atoms with Crippen molar-refractivity contribution < 1.29 is 14.3 Å². The van der Waals surface area contributed by atoms with Gasteiger partial charge in [0.05, 0.1) is 22.9 Å². The van der Waals surface area contributed by atoms with E-state index in [2.05, 4.69) is 15.9 Å². The Morgan fingerprint density at radius 1 is 0.900 bits per heavy atom. The average Bonchev–Trinajstić information content (AvgIpc) is 3.44. The summed E-state index contributed by atoms with van der Waals surface area (Å²) in [6, 6.07) is 31.2. The summed E-state index contributed by atoms with van der Waals surface area (Å²) in [6.07, 6.45) is 1.91. The zero-order chi connectivity index (χ0) is 34.9. The maximum atomic E-state index is 14.8. The quantitative estimate of drug-likeness (QED) is 0.152. The lowest BCUT2D eigenvalue weighted by atomic mass is 9.90. The first kappa shape index (κ1) is 33.5. The van der Waals surface area contributed by atoms with E-state index in [0.717, 1.165) is 42.7 Å². The second-order valence-corrected chi connectivity index (χ2v) is 14.0. The van der Waals surface area contributed by atoms with Gasteiger partial charge in [0.1, 0.15) is 24.1 Å². The number of carbonyl (C=O) groups excluding carboxylic acids is 1. The lowest BCUT2D eigenvalue weighted by Crippen LogP contribution is -2.43. The van der Waals surface area contributed by atoms with Crippen molar-refractivity contribution in [2.45, 2.75) is 33.4 Å². The molecule has 7 rings (SSSR count). The van der Waals surface area contributed by atoms with Gasteiger partial charge in [-0.05, 0) is 78.2 Å². The molecule has 0 spiro atoms. The average molecular weight is 747 g/mol. The standard InChI is InChI=1S/C41H36BrN3O4S/c1-5-44(6-2)40(47)36-25(3)43-41-45(38(36)37-31-14-10-8-12-28(31)18-22-34(37)48-4)39(46)35(50-41)23-32-30-13-9-7-11-27(30)17-21-33(32)49-24-26-15-19-29(42)20-16-26/h7-23,38H,5-6,24H2,1-4H3/b35-23+/t38-/m0/s1. The van der Waals surface area contributed by atoms with Gasteiger partial charge in [-0.3, -0.25) is 14.2 Å². The largest absolute Gasteiger partial charge is 0.496 e. The molecule has 50 heavy (non-hydrogen) atoms. The second-order valence-electron chi connectivity index (χ2n) is 12.1. The molecule has 0 unspecified atom stereocenters. The Balaban J connectivity index is 1.47. The summed E-state index contributed by atoms with van der Waals surface area (Å²) in [6.45, 7) is 7.20. The number of benzene rings is 5. The first-order valence-electron chi connectivity index (χ1n) is 16.6. The molecule has 1 aliphatic heterocycles. The van der Waals surface area contributed by atoms with Crippen LogP contribution in [0.1, 0.15) is 43.5 Å². The number of fused-ring (bicyclic) bond motifs is 3. The third kappa shape index (κ3) is 6.05. The molecule has 1 aliphatic rings. The van der Waals surface area contributed by atoms with Gasteiger partial charge < -0.3 is 14.4 Å². The van der Waals surface area contributed by atoms with E-state index in [4.69, 9.17) is 14.5 Å². The van der Waals surface area contributed by atoms with Crippen LogP contribution in [-0.4, -0.2) is 35.6 Å². The van der Waals surface area contributed by atoms with E-state index in [0.29, 0.717) is 51.8 Å². The molecule has 1 atom stereocenters. The summed E-state index contributed by atoms with van der Waals surface area (Å²) < 4.78 is 15.5. The molecule has 252 valence electrons. The van der Waals surface area contributed by atoms with E-state index in [1.807, 2.05) is 124 Å². The predicted octanol–water partition coefficient (Wildman–Crippen LogP) is 7.76. The Hall–Kier alpha value is -4.99. The van der Waals surface area contributed by atoms with Gasteiger partial charge in [0.15, 0.2) is 4.80 Å². The van der Waals surface area contributed by atoms with Gasteiger partial charge in [-0.1, -0.05) is 100 Å². The molecular weight excluding hydrogens is 710 g/mol. The third-order valence-corrected chi connectivity index (χ3v) is 10.8. The molecule has 0 saturated carbocycles. The number of rotatable bonds is 9. The van der Waals surface area contributed by atoms with Crippen LogP contribution in [0.2, 0.25) is 0 Å². The SMILES string of the molecule is CCN(CC)C(=O)C1=C(C)N=c2s/c(=C/c3c(OCc4ccc(Br)cc4)ccc4ccccc34)c(=O)n2[C@@H]1c1c(OC)ccc2ccccc12. The smallest absolute Gasteiger partial charge is 0.271 e. The van der Waals surface area contributed by atoms with Crippen molar-refractivity contribution in [3.63, 3.8) is 0 Å². The first-order chi connectivity index (χ1) is 24.3. The van der Waals surface area contributed by atoms with Crippen molar-refractivity contribution in [3.05, 3.63) is 149 Å². The van der Waals surface area contributed by atoms with Gasteiger partial charge in [0.2, 0.25) is 0 Å². The van der Waals surface area contributed by atoms with Crippen LogP contribution in [0.25, 0.3) is 27.6 Å². The Labute approximate surface area is 302 Å². The van der Waals surface area contributed by atoms with Crippen molar-refractivity contribution in [2.75, 3.05) is 20.2 Å². The Morgan fingerprint density at radius 2 is 1.54 bits per heavy atom. The summed E-state index contributed by atoms with van der Waals surface area (Å²) in [5, 5.41) is 3.89. The van der Waals surface area contributed by atoms with Gasteiger partial charge >= 0.3 is 0 Å². The number of aromatic nitrogens is 1. The van der Waals surface area contributed by atoms with Crippen LogP contribution in [0.15, 0.2) is 123 Å². The molecule has 0 fully saturated rings. The van der Waals surface area contributed by atoms with Gasteiger partial charge in [-0.25, -0.2) is 4.99 Å². The number of carbonyl (C=O) groups is 1. The summed E-state index contributed by atoms with van der Waals surface area (Å²) in [7, 11) is 1.62. The topological polar surface area (TPSA) is 73.1 Å². The van der Waals surface area contributed by atoms with E-state index in [9.17, 15) is 9.59 Å². The van der Waals surface area contributed by atoms with E-state index in [1.54, 1.807) is 16.6 Å². The highest BCUT2D eigenvalue weighted by atomic mass is 79.9. The third-order valence-electron chi connectivity index (χ3n) is 9.24. The second kappa shape index (κ2) is 14.1. The molecule has 0 saturated heterocycles. The van der Waals surface area contributed by atoms with E-state index in [1.165, 1.54) is 11.3 Å². The van der Waals surface area contributed by atoms with E-state index >= 15 is 0 Å². The molecule has 6 aromatic rings. The Kier molecular flexibility index (Phi) is 9.44. The first-order valence-corrected chi connectivity index (χ1v) is 18.2. The number of allylic oxidation sites excluding steroid dienone is 1. The van der Waals surface area contributed by atoms with Crippen molar-refractivity contribution >= 4 is 60.8 Å². The van der Waals surface area contributed by atoms with Crippen molar-refractivity contribution in [2.24, 2.45) is 4.99 Å². The number of hydrogen-bond donors (Lipinski definition) is 0. The van der Waals surface area contributed by atoms with Gasteiger partial charge in [-0.2, -0.15) is 0 Å². The van der Waals surface area contributed by atoms with E-state index < -0.39 is 6.04 Å². The fraction of sp³-hybridized carbons (Fsp3) is 0.195. The number of amides is 1. The van der Waals surface area contributed by atoms with Crippen LogP contribution in [0.3, 0.4) is 0 Å². The molecule has 7 nitrogen and oxygen atoms in total. The molecule has 0 aliphatic carbocycles. The number of likely N-dealkylation sites (N-methyl/N-ethyl adjacent to an activating group) is 1. The fourth-order valence-corrected chi connectivity index (χ4v) is 8.00. The fourth-order valence-electron chi connectivity index (χ4n) is 6.71. The maximum Gasteiger partial charge on any atom is 0.271 e. The van der Waals surface area contributed by atoms with Crippen molar-refractivity contribution in [1.29, 1.82) is 0 Å². The molecule has 1 aromatic heterocycles. The highest BCUT2D eigenvalue weighted by Gasteiger charge is 2.36. The van der Waals surface area contributed by atoms with Crippen LogP contribution in [0, 0.1) is 0 Å². The summed E-state index contributed by atoms with van der Waals surface area (Å²) in [5.74, 6) is 1.11. The lowest BCUT2D eigenvalue weighted by molar-refractivity contribution is -0.127. The van der Waals surface area contributed by atoms with Crippen LogP contribution in [-0.2, 0) is 11.4 Å². The predicted molar refractivity (Wildman–Crippen MR) is 205 cm³/mol. The van der Waals surface area contributed by atoms with Gasteiger partial charge in [0, 0.05) is 28.7 Å². The summed E-state index contributed by atoms with van der Waals surface area (Å²) in [5.41, 5.74) is 3.39. The van der Waals surface area contributed by atoms with E-state index in [-0.39, 0.29) is 11.5 Å². The Morgan fingerprint density at radius 3 is 2.22 bits per heavy atom. The minimum atomic E-state index is -0.761. The molecule has 1 amide bonds. The molecule has 5 aromatic carbocycles. The highest BCUT2D eigenvalue weighted by Crippen LogP contribution is 2.40. The minimum Gasteiger partial charge on any atom is -0.496 e. The number of methoxy groups -OCH3 is 1. The molecule has 2 heterocycles. The van der Waals surface area contributed by atoms with Crippen molar-refractivity contribution in [1.82, 2.24) is 9.47 Å². The monoisotopic (exact) mass is 745 g/mol. The summed E-state index contributed by atoms with van der Waals surface area (Å²) >= 11 is 4.81. The molecular formula is C41H36BrN3O4S. The highest BCUT2D eigenvalue weighted by molar-refractivity contribution is 9.10. The van der Waals surface area contributed by atoms with Gasteiger partial charge in [-0.15, -0.1) is 0 Å². The Bertz CT molecular complexity index is 2480. The summed E-state index contributed by atoms with van der Waals surface area (Å²) in [4.78, 5) is 36.4. The van der Waals surface area contributed by atoms with Crippen LogP contribution in [0.5, 0.6) is 11.5 Å². The zero-order valence-electron chi connectivity index (χ0n) is 28.3. The number of nitrogens with zero attached hydrogens (tertiary/aromatic N) is 3. The van der Waals surface area contributed by atoms with Crippen LogP contribution in [0.4, 0.5) is 0 Å². The van der Waals surface area contributed by atoms with Crippen LogP contribution >= 0.6 is 27.3 Å². The maximum absolute atomic E-state index is 14.8. The number of hydrogen-bond acceptors (Lipinski definition) is 6. The normalized spacial score (nSPS) is 14.5. The molecule has 0 bridgehead atoms. The van der Waals surface area contributed by atoms with Crippen molar-refractivity contribution in [3.8, 4) is 11.5 Å². The number of thiazole rings is 1. The molecule has 0 radical (unpaired) electrons. The van der Waals surface area contributed by atoms with Crippen LogP contribution < -0.4 is 24.4 Å².